The van der Waals surface area contributed by atoms with Gasteiger partial charge < -0.3 is 14.2 Å². The maximum Gasteiger partial charge on any atom is 0.293 e. The van der Waals surface area contributed by atoms with Crippen molar-refractivity contribution in [3.8, 4) is 0 Å². The lowest BCUT2D eigenvalue weighted by atomic mass is 10.3. The normalized spacial score (nSPS) is 15.8. The highest BCUT2D eigenvalue weighted by Crippen LogP contribution is 2.19. The quantitative estimate of drug-likeness (QED) is 0.811. The van der Waals surface area contributed by atoms with E-state index in [1.165, 1.54) is 11.3 Å². The zero-order valence-corrected chi connectivity index (χ0v) is 16.2. The van der Waals surface area contributed by atoms with Crippen molar-refractivity contribution in [1.82, 2.24) is 14.8 Å². The number of aromatic nitrogens is 1. The van der Waals surface area contributed by atoms with Gasteiger partial charge in [0.05, 0.1) is 12.1 Å². The molecule has 0 aromatic carbocycles. The van der Waals surface area contributed by atoms with Crippen LogP contribution in [0.4, 0.5) is 5.13 Å². The SMILES string of the molecule is CN1CCCN(C(=O)Cc2csc(NC(=O)c3ccc(Br)o3)n2)CC1. The van der Waals surface area contributed by atoms with Gasteiger partial charge in [-0.15, -0.1) is 11.3 Å². The van der Waals surface area contributed by atoms with Crippen molar-refractivity contribution in [2.24, 2.45) is 0 Å². The number of thiazole rings is 1. The molecule has 25 heavy (non-hydrogen) atoms. The van der Waals surface area contributed by atoms with Gasteiger partial charge in [-0.2, -0.15) is 0 Å². The summed E-state index contributed by atoms with van der Waals surface area (Å²) in [6, 6.07) is 3.23. The fourth-order valence-electron chi connectivity index (χ4n) is 2.60. The predicted octanol–water partition coefficient (Wildman–Crippen LogP) is 2.46. The number of rotatable bonds is 4. The number of halogens is 1. The molecule has 7 nitrogen and oxygen atoms in total. The molecule has 0 saturated carbocycles. The highest BCUT2D eigenvalue weighted by Gasteiger charge is 2.19. The summed E-state index contributed by atoms with van der Waals surface area (Å²) in [6.07, 6.45) is 1.24. The van der Waals surface area contributed by atoms with Crippen LogP contribution in [-0.4, -0.2) is 59.8 Å². The molecular formula is C16H19BrN4O3S. The minimum atomic E-state index is -0.367. The molecule has 0 radical (unpaired) electrons. The van der Waals surface area contributed by atoms with Crippen molar-refractivity contribution in [3.63, 3.8) is 0 Å². The summed E-state index contributed by atoms with van der Waals surface area (Å²) in [5.74, 6) is -0.0877. The first-order chi connectivity index (χ1) is 12.0. The van der Waals surface area contributed by atoms with E-state index in [2.05, 4.69) is 38.2 Å². The Bertz CT molecular complexity index is 760. The van der Waals surface area contributed by atoms with Gasteiger partial charge >= 0.3 is 0 Å². The van der Waals surface area contributed by atoms with E-state index in [4.69, 9.17) is 4.42 Å². The first-order valence-corrected chi connectivity index (χ1v) is 9.66. The molecule has 1 N–H and O–H groups in total. The molecular weight excluding hydrogens is 408 g/mol. The van der Waals surface area contributed by atoms with E-state index in [0.29, 0.717) is 15.5 Å². The number of carbonyl (C=O) groups excluding carboxylic acids is 2. The van der Waals surface area contributed by atoms with Crippen LogP contribution in [0, 0.1) is 0 Å². The monoisotopic (exact) mass is 426 g/mol. The van der Waals surface area contributed by atoms with Crippen LogP contribution in [0.15, 0.2) is 26.6 Å². The number of furan rings is 1. The Hall–Kier alpha value is -1.71. The zero-order chi connectivity index (χ0) is 17.8. The summed E-state index contributed by atoms with van der Waals surface area (Å²) >= 11 is 4.46. The molecule has 2 aromatic heterocycles. The molecule has 3 heterocycles. The van der Waals surface area contributed by atoms with Crippen LogP contribution in [0.2, 0.25) is 0 Å². The third-order valence-corrected chi connectivity index (χ3v) is 5.21. The maximum atomic E-state index is 12.4. The molecule has 3 rings (SSSR count). The molecule has 1 saturated heterocycles. The van der Waals surface area contributed by atoms with Gasteiger partial charge in [-0.3, -0.25) is 14.9 Å². The Balaban J connectivity index is 1.56. The molecule has 1 fully saturated rings. The second-order valence-corrected chi connectivity index (χ2v) is 7.56. The smallest absolute Gasteiger partial charge is 0.293 e. The van der Waals surface area contributed by atoms with Crippen LogP contribution < -0.4 is 5.32 Å². The Morgan fingerprint density at radius 2 is 2.16 bits per heavy atom. The molecule has 0 atom stereocenters. The second-order valence-electron chi connectivity index (χ2n) is 5.92. The van der Waals surface area contributed by atoms with Crippen molar-refractivity contribution in [2.75, 3.05) is 38.5 Å². The summed E-state index contributed by atoms with van der Waals surface area (Å²) in [6.45, 7) is 3.43. The van der Waals surface area contributed by atoms with Gasteiger partial charge in [0.15, 0.2) is 15.6 Å². The fourth-order valence-corrected chi connectivity index (χ4v) is 3.62. The molecule has 0 bridgehead atoms. The maximum absolute atomic E-state index is 12.4. The van der Waals surface area contributed by atoms with Crippen LogP contribution in [-0.2, 0) is 11.2 Å². The lowest BCUT2D eigenvalue weighted by Crippen LogP contribution is -2.35. The number of nitrogens with one attached hydrogen (secondary N) is 1. The molecule has 134 valence electrons. The summed E-state index contributed by atoms with van der Waals surface area (Å²) in [5.41, 5.74) is 0.670. The van der Waals surface area contributed by atoms with Crippen molar-refractivity contribution >= 4 is 44.2 Å². The average Bonchev–Trinajstić information content (AvgIpc) is 3.13. The van der Waals surface area contributed by atoms with Gasteiger partial charge in [-0.25, -0.2) is 4.98 Å². The number of anilines is 1. The van der Waals surface area contributed by atoms with E-state index in [0.717, 1.165) is 32.6 Å². The highest BCUT2D eigenvalue weighted by atomic mass is 79.9. The second kappa shape index (κ2) is 8.11. The Labute approximate surface area is 158 Å². The van der Waals surface area contributed by atoms with Gasteiger partial charge in [0.2, 0.25) is 5.91 Å². The van der Waals surface area contributed by atoms with Gasteiger partial charge in [-0.1, -0.05) is 0 Å². The van der Waals surface area contributed by atoms with Crippen molar-refractivity contribution < 1.29 is 14.0 Å². The molecule has 1 aliphatic heterocycles. The molecule has 2 amide bonds. The Morgan fingerprint density at radius 3 is 2.92 bits per heavy atom. The van der Waals surface area contributed by atoms with Crippen LogP contribution in [0.1, 0.15) is 22.7 Å². The van der Waals surface area contributed by atoms with Crippen LogP contribution in [0.3, 0.4) is 0 Å². The fraction of sp³-hybridized carbons (Fsp3) is 0.438. The van der Waals surface area contributed by atoms with E-state index in [1.807, 2.05) is 4.90 Å². The minimum Gasteiger partial charge on any atom is -0.444 e. The largest absolute Gasteiger partial charge is 0.444 e. The summed E-state index contributed by atoms with van der Waals surface area (Å²) in [4.78, 5) is 32.9. The van der Waals surface area contributed by atoms with E-state index in [1.54, 1.807) is 17.5 Å². The average molecular weight is 427 g/mol. The van der Waals surface area contributed by atoms with Gasteiger partial charge in [0.1, 0.15) is 0 Å². The molecule has 0 aliphatic carbocycles. The first kappa shape index (κ1) is 18.1. The van der Waals surface area contributed by atoms with Crippen LogP contribution >= 0.6 is 27.3 Å². The number of nitrogens with zero attached hydrogens (tertiary/aromatic N) is 3. The summed E-state index contributed by atoms with van der Waals surface area (Å²) in [5, 5.41) is 4.94. The summed E-state index contributed by atoms with van der Waals surface area (Å²) < 4.78 is 5.70. The van der Waals surface area contributed by atoms with Gasteiger partial charge in [0, 0.05) is 25.0 Å². The van der Waals surface area contributed by atoms with Gasteiger partial charge in [0.25, 0.3) is 5.91 Å². The molecule has 0 unspecified atom stereocenters. The molecule has 0 spiro atoms. The number of likely N-dealkylation sites (N-methyl/N-ethyl adjacent to an activating group) is 1. The van der Waals surface area contributed by atoms with E-state index in [9.17, 15) is 9.59 Å². The third kappa shape index (κ3) is 4.90. The number of hydrogen-bond donors (Lipinski definition) is 1. The summed E-state index contributed by atoms with van der Waals surface area (Å²) in [7, 11) is 2.07. The Kier molecular flexibility index (Phi) is 5.87. The lowest BCUT2D eigenvalue weighted by molar-refractivity contribution is -0.130. The lowest BCUT2D eigenvalue weighted by Gasteiger charge is -2.20. The predicted molar refractivity (Wildman–Crippen MR) is 98.9 cm³/mol. The first-order valence-electron chi connectivity index (χ1n) is 7.98. The van der Waals surface area contributed by atoms with Crippen molar-refractivity contribution in [1.29, 1.82) is 0 Å². The Morgan fingerprint density at radius 1 is 1.32 bits per heavy atom. The third-order valence-electron chi connectivity index (χ3n) is 3.97. The van der Waals surface area contributed by atoms with Crippen molar-refractivity contribution in [3.05, 3.63) is 33.6 Å². The molecule has 2 aromatic rings. The highest BCUT2D eigenvalue weighted by molar-refractivity contribution is 9.10. The van der Waals surface area contributed by atoms with E-state index in [-0.39, 0.29) is 24.0 Å². The topological polar surface area (TPSA) is 78.7 Å². The number of hydrogen-bond acceptors (Lipinski definition) is 6. The molecule has 1 aliphatic rings. The number of amides is 2. The van der Waals surface area contributed by atoms with E-state index < -0.39 is 0 Å². The van der Waals surface area contributed by atoms with Crippen LogP contribution in [0.25, 0.3) is 0 Å². The molecule has 9 heteroatoms. The van der Waals surface area contributed by atoms with Crippen LogP contribution in [0.5, 0.6) is 0 Å². The zero-order valence-electron chi connectivity index (χ0n) is 13.8. The van der Waals surface area contributed by atoms with E-state index >= 15 is 0 Å². The van der Waals surface area contributed by atoms with Gasteiger partial charge in [-0.05, 0) is 48.1 Å². The van der Waals surface area contributed by atoms with Crippen molar-refractivity contribution in [2.45, 2.75) is 12.8 Å². The number of carbonyl (C=O) groups is 2. The standard InChI is InChI=1S/C16H19BrN4O3S/c1-20-5-2-6-21(8-7-20)14(22)9-11-10-25-16(18-11)19-15(23)12-3-4-13(17)24-12/h3-4,10H,2,5-9H2,1H3,(H,18,19,23). The minimum absolute atomic E-state index is 0.0773.